The van der Waals surface area contributed by atoms with Gasteiger partial charge in [0.15, 0.2) is 18.2 Å². The molecule has 4 heterocycles. The summed E-state index contributed by atoms with van der Waals surface area (Å²) in [5.74, 6) is -0.222. The molecular weight excluding hydrogens is 300 g/mol. The third-order valence-electron chi connectivity index (χ3n) is 6.47. The molecule has 1 saturated carbocycles. The van der Waals surface area contributed by atoms with Crippen molar-refractivity contribution in [2.45, 2.75) is 82.9 Å². The molecule has 0 aromatic heterocycles. The molecule has 4 saturated heterocycles. The van der Waals surface area contributed by atoms with Crippen LogP contribution in [-0.2, 0) is 24.0 Å². The predicted octanol–water partition coefficient (Wildman–Crippen LogP) is 2.35. The minimum absolute atomic E-state index is 0.144. The zero-order chi connectivity index (χ0) is 16.5. The highest BCUT2D eigenvalue weighted by Crippen LogP contribution is 2.61. The van der Waals surface area contributed by atoms with E-state index in [-0.39, 0.29) is 11.8 Å². The van der Waals surface area contributed by atoms with Crippen LogP contribution in [0, 0.1) is 17.8 Å². The fourth-order valence-electron chi connectivity index (χ4n) is 5.24. The Balaban J connectivity index is 1.80. The van der Waals surface area contributed by atoms with E-state index in [1.54, 1.807) is 6.92 Å². The van der Waals surface area contributed by atoms with Crippen LogP contribution in [0.25, 0.3) is 0 Å². The highest BCUT2D eigenvalue weighted by atomic mass is 17.3. The van der Waals surface area contributed by atoms with Crippen LogP contribution in [0.2, 0.25) is 0 Å². The first-order valence-corrected chi connectivity index (χ1v) is 8.87. The summed E-state index contributed by atoms with van der Waals surface area (Å²) in [4.78, 5) is 11.7. The summed E-state index contributed by atoms with van der Waals surface area (Å²) in [6, 6.07) is 0. The van der Waals surface area contributed by atoms with Crippen molar-refractivity contribution in [2.75, 3.05) is 6.61 Å². The lowest BCUT2D eigenvalue weighted by molar-refractivity contribution is -0.584. The molecule has 0 aromatic carbocycles. The molecular formula is C17H28O6. The van der Waals surface area contributed by atoms with Gasteiger partial charge < -0.3 is 19.3 Å². The molecule has 2 bridgehead atoms. The zero-order valence-corrected chi connectivity index (χ0v) is 14.4. The summed E-state index contributed by atoms with van der Waals surface area (Å²) in [5.41, 5.74) is -1.90. The van der Waals surface area contributed by atoms with E-state index in [2.05, 4.69) is 6.92 Å². The van der Waals surface area contributed by atoms with Gasteiger partial charge in [-0.2, -0.15) is 0 Å². The van der Waals surface area contributed by atoms with E-state index >= 15 is 0 Å². The van der Waals surface area contributed by atoms with E-state index in [1.165, 1.54) is 0 Å². The molecule has 1 unspecified atom stereocenters. The number of hydrogen-bond donors (Lipinski definition) is 1. The van der Waals surface area contributed by atoms with Gasteiger partial charge in [0.25, 0.3) is 0 Å². The number of aliphatic hydroxyl groups is 1. The molecule has 1 N–H and O–H groups in total. The molecule has 1 aliphatic carbocycles. The molecule has 0 amide bonds. The van der Waals surface area contributed by atoms with Crippen molar-refractivity contribution in [1.29, 1.82) is 0 Å². The number of fused-ring (bicyclic) bond motifs is 2. The van der Waals surface area contributed by atoms with Gasteiger partial charge in [-0.05, 0) is 51.9 Å². The van der Waals surface area contributed by atoms with E-state index in [0.29, 0.717) is 12.5 Å². The maximum absolute atomic E-state index is 11.2. The Bertz CT molecular complexity index is 482. The third-order valence-corrected chi connectivity index (χ3v) is 6.47. The first kappa shape index (κ1) is 16.2. The lowest BCUT2D eigenvalue weighted by Crippen LogP contribution is -2.75. The van der Waals surface area contributed by atoms with Crippen LogP contribution in [-0.4, -0.2) is 41.3 Å². The van der Waals surface area contributed by atoms with E-state index in [1.807, 2.05) is 13.8 Å². The average molecular weight is 328 g/mol. The molecule has 0 radical (unpaired) electrons. The van der Waals surface area contributed by atoms with Crippen LogP contribution < -0.4 is 0 Å². The van der Waals surface area contributed by atoms with E-state index in [9.17, 15) is 5.11 Å². The van der Waals surface area contributed by atoms with Crippen LogP contribution in [0.1, 0.15) is 53.4 Å². The normalized spacial score (nSPS) is 58.6. The maximum Gasteiger partial charge on any atom is 0.201 e. The van der Waals surface area contributed by atoms with Crippen LogP contribution in [0.5, 0.6) is 0 Å². The molecule has 4 aliphatic heterocycles. The standard InChI is InChI=1S/C17H28O6/c1-5-19-13-16(4,18)12-7-6-10(2)11-8-9-15(3)21-14(20-13)17(11,12)23-22-15/h10-14,18H,5-9H2,1-4H3/t10-,11+,12+,13?,14-,15-,16+,17-/m1/s1. The van der Waals surface area contributed by atoms with E-state index in [0.717, 1.165) is 25.7 Å². The monoisotopic (exact) mass is 328 g/mol. The summed E-state index contributed by atoms with van der Waals surface area (Å²) in [6.45, 7) is 8.30. The van der Waals surface area contributed by atoms with E-state index in [4.69, 9.17) is 24.0 Å². The number of ether oxygens (including phenoxy) is 3. The highest BCUT2D eigenvalue weighted by Gasteiger charge is 2.72. The molecule has 132 valence electrons. The number of rotatable bonds is 2. The fraction of sp³-hybridized carbons (Fsp3) is 1.00. The Morgan fingerprint density at radius 1 is 1.17 bits per heavy atom. The third kappa shape index (κ3) is 2.09. The van der Waals surface area contributed by atoms with Crippen molar-refractivity contribution in [2.24, 2.45) is 17.8 Å². The Labute approximate surface area is 137 Å². The lowest BCUT2D eigenvalue weighted by atomic mass is 9.57. The molecule has 6 nitrogen and oxygen atoms in total. The second-order valence-corrected chi connectivity index (χ2v) is 8.01. The summed E-state index contributed by atoms with van der Waals surface area (Å²) in [6.07, 6.45) is 2.32. The van der Waals surface area contributed by atoms with Gasteiger partial charge in [0.05, 0.1) is 0 Å². The minimum Gasteiger partial charge on any atom is -0.384 e. The van der Waals surface area contributed by atoms with Gasteiger partial charge in [-0.15, -0.1) is 0 Å². The molecule has 6 heteroatoms. The highest BCUT2D eigenvalue weighted by molar-refractivity contribution is 5.13. The SMILES string of the molecule is CCOC1O[C@@H]2O[C@@]3(C)CC[C@H]4[C@H](C)CC[C@H]([C@@]24OO3)[C@]1(C)O. The van der Waals surface area contributed by atoms with Gasteiger partial charge in [-0.25, -0.2) is 9.78 Å². The Morgan fingerprint density at radius 3 is 2.70 bits per heavy atom. The lowest BCUT2D eigenvalue weighted by Gasteiger charge is -2.62. The van der Waals surface area contributed by atoms with Gasteiger partial charge in [0.1, 0.15) is 5.60 Å². The van der Waals surface area contributed by atoms with Crippen molar-refractivity contribution in [3.8, 4) is 0 Å². The molecule has 5 rings (SSSR count). The smallest absolute Gasteiger partial charge is 0.201 e. The summed E-state index contributed by atoms with van der Waals surface area (Å²) >= 11 is 0. The van der Waals surface area contributed by atoms with Crippen molar-refractivity contribution in [3.63, 3.8) is 0 Å². The topological polar surface area (TPSA) is 66.4 Å². The zero-order valence-electron chi connectivity index (χ0n) is 14.4. The minimum atomic E-state index is -1.14. The molecule has 23 heavy (non-hydrogen) atoms. The van der Waals surface area contributed by atoms with Crippen LogP contribution in [0.15, 0.2) is 0 Å². The predicted molar refractivity (Wildman–Crippen MR) is 79.9 cm³/mol. The van der Waals surface area contributed by atoms with Crippen molar-refractivity contribution < 1.29 is 29.1 Å². The van der Waals surface area contributed by atoms with Crippen LogP contribution in [0.4, 0.5) is 0 Å². The van der Waals surface area contributed by atoms with Gasteiger partial charge >= 0.3 is 0 Å². The molecule has 0 aromatic rings. The Morgan fingerprint density at radius 2 is 1.96 bits per heavy atom. The molecule has 8 atom stereocenters. The van der Waals surface area contributed by atoms with Gasteiger partial charge in [-0.1, -0.05) is 6.92 Å². The number of hydrogen-bond acceptors (Lipinski definition) is 6. The van der Waals surface area contributed by atoms with Gasteiger partial charge in [-0.3, -0.25) is 0 Å². The second-order valence-electron chi connectivity index (χ2n) is 8.01. The average Bonchev–Trinajstić information content (AvgIpc) is 2.71. The van der Waals surface area contributed by atoms with Crippen molar-refractivity contribution >= 4 is 0 Å². The summed E-state index contributed by atoms with van der Waals surface area (Å²) in [7, 11) is 0. The first-order valence-electron chi connectivity index (χ1n) is 8.87. The van der Waals surface area contributed by atoms with Gasteiger partial charge in [0, 0.05) is 18.9 Å². The van der Waals surface area contributed by atoms with Crippen LogP contribution >= 0.6 is 0 Å². The fourth-order valence-corrected chi connectivity index (χ4v) is 5.24. The summed E-state index contributed by atoms with van der Waals surface area (Å²) in [5, 5.41) is 11.2. The van der Waals surface area contributed by atoms with Crippen LogP contribution in [0.3, 0.4) is 0 Å². The van der Waals surface area contributed by atoms with E-state index < -0.39 is 29.6 Å². The molecule has 5 aliphatic rings. The maximum atomic E-state index is 11.2. The van der Waals surface area contributed by atoms with Crippen molar-refractivity contribution in [1.82, 2.24) is 0 Å². The second kappa shape index (κ2) is 5.13. The Kier molecular flexibility index (Phi) is 3.62. The quantitative estimate of drug-likeness (QED) is 0.785. The summed E-state index contributed by atoms with van der Waals surface area (Å²) < 4.78 is 18.0. The largest absolute Gasteiger partial charge is 0.384 e. The molecule has 5 fully saturated rings. The van der Waals surface area contributed by atoms with Crippen molar-refractivity contribution in [3.05, 3.63) is 0 Å². The first-order chi connectivity index (χ1) is 10.8. The van der Waals surface area contributed by atoms with Gasteiger partial charge in [0.2, 0.25) is 5.79 Å². The molecule has 1 spiro atoms. The Hall–Kier alpha value is -0.240.